The number of carboxylic acids is 1. The molecule has 8 aromatic rings. The minimum atomic E-state index is -1.45. The number of aliphatic carboxylic acids is 1. The van der Waals surface area contributed by atoms with Gasteiger partial charge in [-0.05, 0) is 241 Å². The first-order valence-corrected chi connectivity index (χ1v) is 61.2. The summed E-state index contributed by atoms with van der Waals surface area (Å²) >= 11 is 9.60. The van der Waals surface area contributed by atoms with Crippen molar-refractivity contribution >= 4 is 190 Å². The number of fused-ring (bicyclic) bond motifs is 4. The van der Waals surface area contributed by atoms with E-state index in [2.05, 4.69) is 147 Å². The van der Waals surface area contributed by atoms with E-state index in [0.717, 1.165) is 58.3 Å². The molecule has 3 saturated carbocycles. The van der Waals surface area contributed by atoms with Crippen LogP contribution in [0.25, 0.3) is 46.9 Å². The Hall–Kier alpha value is -10.2. The van der Waals surface area contributed by atoms with Crippen LogP contribution in [0, 0.1) is 35.2 Å². The van der Waals surface area contributed by atoms with Crippen LogP contribution >= 0.6 is 67.1 Å². The Labute approximate surface area is 859 Å². The van der Waals surface area contributed by atoms with Gasteiger partial charge in [-0.3, -0.25) is 29.4 Å². The van der Waals surface area contributed by atoms with E-state index >= 15 is 26.3 Å². The minimum absolute atomic E-state index is 0.00567. The van der Waals surface area contributed by atoms with Gasteiger partial charge in [0.25, 0.3) is 5.88 Å². The lowest BCUT2D eigenvalue weighted by molar-refractivity contribution is -0.137. The minimum Gasteiger partial charge on any atom is -0.480 e. The lowest BCUT2D eigenvalue weighted by Gasteiger charge is -2.37. The van der Waals surface area contributed by atoms with Gasteiger partial charge in [0, 0.05) is 98.8 Å². The van der Waals surface area contributed by atoms with Crippen LogP contribution < -0.4 is 15.5 Å². The van der Waals surface area contributed by atoms with Crippen LogP contribution in [-0.2, 0) is 59.4 Å². The number of aromatic nitrogens is 10. The molecule has 3 aliphatic heterocycles. The summed E-state index contributed by atoms with van der Waals surface area (Å²) in [6.07, 6.45) is 11.7. The average molecular weight is 2220 g/mol. The number of hydrogen-bond donors (Lipinski definition) is 3. The molecular weight excluding hydrogens is 2100 g/mol. The van der Waals surface area contributed by atoms with Crippen molar-refractivity contribution in [2.75, 3.05) is 54.1 Å². The highest BCUT2D eigenvalue weighted by Crippen LogP contribution is 2.70. The summed E-state index contributed by atoms with van der Waals surface area (Å²) in [5, 5.41) is 24.1. The summed E-state index contributed by atoms with van der Waals surface area (Å²) in [5.74, 6) is -6.92. The standard InChI is InChI=1S/C36H43F2N9O5SSi.C31H40BrF2N5O4SSi.C30H37BrF2N4O5SSi/c1-34(2,3)51-33(49)46(21-50-14-15-54(6,7)8)32-43-35(4,28-18-36(28,53-32)31(48)39-5)23-16-22(11-12-24(23)37)17-25(38)27-19-42-29(20-41-27)52-47-30-26(44-45-47)10-9-13-40-30;1-29(2,3)43-28(41)39(18-42-11-12-45(6,7)8)27-38-30(4,24-15-31(24,44-27)26(40)35-5)20-13-19(9-10-21(20)33)14-22(34)23-16-37-25(32)17-36-23;1-28(2,3)42-27(40)37(17-41-10-11-44(5,6)7)26-36-29(4,23-14-30(23,43-26)25(38)39)19-12-18(8-9-20(19)32)13-21(33)22-15-35-24(31)16-34-22/h9-13,16-17,19-20,28H,14-15,18,21H2,1-8H3,(H,39,48);9-10,13-14,16-17,24H,11-12,15,18H2,1-8H3,(H,35,40);8-9,12-13,15-16,23H,10-11,14,17H2,1-7H3,(H,38,39)/b25-17-;22-14-;21-13-/t28-,35+,36-;24-,30+,31-;23-,29+,30-/m000/s1. The average Bonchev–Trinajstić information content (AvgIpc) is 1.51. The molecule has 32 nitrogen and oxygen atoms in total. The van der Waals surface area contributed by atoms with E-state index in [1.54, 1.807) is 108 Å². The molecule has 8 heterocycles. The number of amidine groups is 3. The lowest BCUT2D eigenvalue weighted by atomic mass is 9.84. The van der Waals surface area contributed by atoms with Gasteiger partial charge in [-0.1, -0.05) is 117 Å². The fourth-order valence-electron chi connectivity index (χ4n) is 15.9. The molecule has 0 spiro atoms. The number of nitrogens with zero attached hydrogens (tertiary/aromatic N) is 16. The van der Waals surface area contributed by atoms with Crippen molar-refractivity contribution in [3.05, 3.63) is 187 Å². The van der Waals surface area contributed by atoms with Gasteiger partial charge in [0.2, 0.25) is 17.5 Å². The number of carbonyl (C=O) groups is 6. The SMILES string of the molecule is CC(C)(C)OC(=O)N(COCC[Si](C)(C)C)C1=N[C@](C)(c2cc(/C=C(\F)c3cnc(Br)cn3)ccc2F)[C@@H]2C[C@]2(C(=O)O)S1.CNC(=O)[C@]12C[C@H]1[C@@](C)(c1cc(/C=C(\F)c3cnc(Br)cn3)ccc1F)N=C(N(COCC[Si](C)(C)C)C(=O)OC(C)(C)C)S2.CNC(=O)[C@]12C[C@H]1[C@@](C)(c1cc(/C=C(\F)c3cnc(On4nnc5cccnc54)cn3)ccc1F)N=C(N(COCC[Si](C)(C)C)C(=O)OC(C)(C)C)S2. The maximum absolute atomic E-state index is 16.0. The van der Waals surface area contributed by atoms with Crippen molar-refractivity contribution in [1.29, 1.82) is 0 Å². The largest absolute Gasteiger partial charge is 0.480 e. The first-order valence-electron chi connectivity index (χ1n) is 46.1. The number of carboxylic acid groups (broad SMARTS) is 1. The number of aliphatic imine (C=N–C) groups is 3. The van der Waals surface area contributed by atoms with Gasteiger partial charge < -0.3 is 49.0 Å². The molecule has 768 valence electrons. The summed E-state index contributed by atoms with van der Waals surface area (Å²) in [5.41, 5.74) is -4.35. The smallest absolute Gasteiger partial charge is 0.418 e. The molecular formula is C97H120Br2F6N18O14S3Si3. The van der Waals surface area contributed by atoms with Crippen LogP contribution in [0.3, 0.4) is 0 Å². The fraction of sp³-hybridized carbons (Fsp3) is 0.485. The van der Waals surface area contributed by atoms with Crippen LogP contribution in [-0.4, -0.2) is 231 Å². The molecule has 3 aliphatic carbocycles. The van der Waals surface area contributed by atoms with Gasteiger partial charge in [0.05, 0.1) is 53.8 Å². The Morgan fingerprint density at radius 3 is 1.12 bits per heavy atom. The third-order valence-electron chi connectivity index (χ3n) is 23.8. The number of thioether (sulfide) groups is 3. The number of amides is 5. The van der Waals surface area contributed by atoms with E-state index < -0.39 is 149 Å². The highest BCUT2D eigenvalue weighted by molar-refractivity contribution is 9.10. The maximum Gasteiger partial charge on any atom is 0.418 e. The predicted octanol–water partition coefficient (Wildman–Crippen LogP) is 21.2. The van der Waals surface area contributed by atoms with E-state index in [9.17, 15) is 33.9 Å². The zero-order chi connectivity index (χ0) is 105. The van der Waals surface area contributed by atoms with Crippen LogP contribution in [0.4, 0.5) is 40.7 Å². The number of benzene rings is 3. The van der Waals surface area contributed by atoms with Gasteiger partial charge >= 0.3 is 24.2 Å². The number of nitrogens with one attached hydrogen (secondary N) is 2. The number of rotatable bonds is 29. The molecule has 3 N–H and O–H groups in total. The molecule has 0 unspecified atom stereocenters. The van der Waals surface area contributed by atoms with Crippen LogP contribution in [0.2, 0.25) is 77.1 Å². The highest BCUT2D eigenvalue weighted by atomic mass is 79.9. The van der Waals surface area contributed by atoms with Gasteiger partial charge in [0.15, 0.2) is 33.0 Å². The molecule has 0 radical (unpaired) electrons. The van der Waals surface area contributed by atoms with Gasteiger partial charge in [-0.25, -0.2) is 90.3 Å². The molecule has 9 atom stereocenters. The van der Waals surface area contributed by atoms with Gasteiger partial charge in [-0.15, -0.1) is 5.10 Å². The topological polar surface area (TPSA) is 379 Å². The van der Waals surface area contributed by atoms with Crippen molar-refractivity contribution < 1.29 is 93.5 Å². The maximum atomic E-state index is 16.0. The molecule has 46 heteroatoms. The second-order valence-electron chi connectivity index (χ2n) is 42.4. The van der Waals surface area contributed by atoms with Crippen LogP contribution in [0.5, 0.6) is 5.88 Å². The van der Waals surface area contributed by atoms with E-state index in [-0.39, 0.29) is 93.6 Å². The summed E-state index contributed by atoms with van der Waals surface area (Å²) in [7, 11) is -1.22. The van der Waals surface area contributed by atoms with Crippen LogP contribution in [0.15, 0.2) is 134 Å². The third-order valence-corrected chi connectivity index (χ3v) is 34.2. The number of carbonyl (C=O) groups excluding carboxylic acids is 5. The highest BCUT2D eigenvalue weighted by Gasteiger charge is 2.74. The van der Waals surface area contributed by atoms with Crippen molar-refractivity contribution in [3.63, 3.8) is 0 Å². The zero-order valence-electron chi connectivity index (χ0n) is 84.0. The zero-order valence-corrected chi connectivity index (χ0v) is 92.6. The van der Waals surface area contributed by atoms with Crippen molar-refractivity contribution in [2.24, 2.45) is 32.7 Å². The molecule has 14 rings (SSSR count). The Bertz CT molecular complexity index is 6310. The molecule has 0 saturated heterocycles. The molecule has 3 aromatic carbocycles. The van der Waals surface area contributed by atoms with Crippen LogP contribution in [0.1, 0.15) is 153 Å². The van der Waals surface area contributed by atoms with E-state index in [1.807, 2.05) is 0 Å². The van der Waals surface area contributed by atoms with E-state index in [4.69, 9.17) is 48.2 Å². The Balaban J connectivity index is 0.000000193. The third kappa shape index (κ3) is 27.4. The Morgan fingerprint density at radius 2 is 0.811 bits per heavy atom. The number of pyridine rings is 1. The molecule has 6 aliphatic rings. The number of ether oxygens (including phenoxy) is 6. The first kappa shape index (κ1) is 112. The second-order valence-corrected chi connectivity index (χ2v) is 64.8. The summed E-state index contributed by atoms with van der Waals surface area (Å²) in [6.45, 7) is 41.4. The van der Waals surface area contributed by atoms with Crippen molar-refractivity contribution in [2.45, 2.75) is 227 Å². The van der Waals surface area contributed by atoms with E-state index in [1.165, 1.54) is 132 Å². The fourth-order valence-corrected chi connectivity index (χ4v) is 23.3. The molecule has 0 bridgehead atoms. The summed E-state index contributed by atoms with van der Waals surface area (Å²) < 4.78 is 126. The lowest BCUT2D eigenvalue weighted by Crippen LogP contribution is -2.48. The van der Waals surface area contributed by atoms with Crippen molar-refractivity contribution in [3.8, 4) is 5.88 Å². The normalized spacial score (nSPS) is 22.5. The summed E-state index contributed by atoms with van der Waals surface area (Å²) in [6, 6.07) is 18.4. The van der Waals surface area contributed by atoms with E-state index in [0.29, 0.717) is 69.7 Å². The second kappa shape index (κ2) is 43.9. The Kier molecular flexibility index (Phi) is 34.2. The predicted molar refractivity (Wildman–Crippen MR) is 556 cm³/mol. The quantitative estimate of drug-likeness (QED) is 0.0129. The molecule has 143 heavy (non-hydrogen) atoms. The van der Waals surface area contributed by atoms with Gasteiger partial charge in [0.1, 0.15) is 100 Å². The van der Waals surface area contributed by atoms with Crippen molar-refractivity contribution in [1.82, 2.24) is 75.4 Å². The monoisotopic (exact) mass is 2210 g/mol. The Morgan fingerprint density at radius 1 is 0.483 bits per heavy atom. The molecule has 5 amide bonds. The van der Waals surface area contributed by atoms with Gasteiger partial charge in [-0.2, -0.15) is 0 Å². The number of halogens is 8. The first-order chi connectivity index (χ1) is 66.6. The number of hydrogen-bond acceptors (Lipinski definition) is 28. The molecule has 5 aromatic heterocycles. The molecule has 3 fully saturated rings. The summed E-state index contributed by atoms with van der Waals surface area (Å²) in [4.78, 5) is 134.